The SMILES string of the molecule is Cc1ccc(C(=O)c2c(Cl)cccc2C=O)cc1. The van der Waals surface area contributed by atoms with Crippen molar-refractivity contribution < 1.29 is 9.59 Å². The highest BCUT2D eigenvalue weighted by atomic mass is 35.5. The Morgan fingerprint density at radius 3 is 2.39 bits per heavy atom. The van der Waals surface area contributed by atoms with Crippen molar-refractivity contribution in [3.63, 3.8) is 0 Å². The molecule has 90 valence electrons. The molecule has 0 atom stereocenters. The van der Waals surface area contributed by atoms with Crippen LogP contribution in [0.25, 0.3) is 0 Å². The van der Waals surface area contributed by atoms with Gasteiger partial charge in [0.1, 0.15) is 0 Å². The average molecular weight is 259 g/mol. The van der Waals surface area contributed by atoms with Crippen LogP contribution in [-0.2, 0) is 0 Å². The lowest BCUT2D eigenvalue weighted by molar-refractivity contribution is 0.102. The highest BCUT2D eigenvalue weighted by Crippen LogP contribution is 2.22. The molecule has 0 saturated carbocycles. The molecule has 0 aliphatic carbocycles. The number of carbonyl (C=O) groups is 2. The Morgan fingerprint density at radius 1 is 1.11 bits per heavy atom. The van der Waals surface area contributed by atoms with Crippen LogP contribution in [0.3, 0.4) is 0 Å². The number of hydrogen-bond donors (Lipinski definition) is 0. The molecule has 0 fully saturated rings. The number of halogens is 1. The molecule has 18 heavy (non-hydrogen) atoms. The smallest absolute Gasteiger partial charge is 0.195 e. The van der Waals surface area contributed by atoms with E-state index < -0.39 is 0 Å². The summed E-state index contributed by atoms with van der Waals surface area (Å²) in [6.07, 6.45) is 0.646. The van der Waals surface area contributed by atoms with Gasteiger partial charge in [-0.05, 0) is 13.0 Å². The number of hydrogen-bond acceptors (Lipinski definition) is 2. The lowest BCUT2D eigenvalue weighted by atomic mass is 9.98. The fourth-order valence-electron chi connectivity index (χ4n) is 1.73. The minimum Gasteiger partial charge on any atom is -0.298 e. The Kier molecular flexibility index (Phi) is 3.58. The molecular formula is C15H11ClO2. The zero-order chi connectivity index (χ0) is 13.1. The minimum atomic E-state index is -0.234. The maximum absolute atomic E-state index is 12.3. The van der Waals surface area contributed by atoms with E-state index in [1.807, 2.05) is 19.1 Å². The molecular weight excluding hydrogens is 248 g/mol. The lowest BCUT2D eigenvalue weighted by Gasteiger charge is -2.06. The number of rotatable bonds is 3. The van der Waals surface area contributed by atoms with Crippen LogP contribution < -0.4 is 0 Å². The van der Waals surface area contributed by atoms with Crippen molar-refractivity contribution in [1.82, 2.24) is 0 Å². The molecule has 2 aromatic rings. The molecule has 0 bridgehead atoms. The van der Waals surface area contributed by atoms with Crippen LogP contribution in [0.15, 0.2) is 42.5 Å². The van der Waals surface area contributed by atoms with Gasteiger partial charge in [-0.3, -0.25) is 9.59 Å². The lowest BCUT2D eigenvalue weighted by Crippen LogP contribution is -2.06. The fourth-order valence-corrected chi connectivity index (χ4v) is 2.00. The summed E-state index contributed by atoms with van der Waals surface area (Å²) in [5, 5.41) is 0.296. The Bertz CT molecular complexity index is 600. The summed E-state index contributed by atoms with van der Waals surface area (Å²) in [5.41, 5.74) is 2.17. The van der Waals surface area contributed by atoms with E-state index in [1.165, 1.54) is 0 Å². The van der Waals surface area contributed by atoms with Gasteiger partial charge in [-0.1, -0.05) is 53.6 Å². The van der Waals surface area contributed by atoms with Crippen molar-refractivity contribution in [2.24, 2.45) is 0 Å². The standard InChI is InChI=1S/C15H11ClO2/c1-10-5-7-11(8-6-10)15(18)14-12(9-17)3-2-4-13(14)16/h2-9H,1H3. The van der Waals surface area contributed by atoms with Gasteiger partial charge >= 0.3 is 0 Å². The van der Waals surface area contributed by atoms with E-state index >= 15 is 0 Å². The van der Waals surface area contributed by atoms with Crippen LogP contribution in [0, 0.1) is 6.92 Å². The summed E-state index contributed by atoms with van der Waals surface area (Å²) in [4.78, 5) is 23.3. The average Bonchev–Trinajstić information content (AvgIpc) is 2.38. The first kappa shape index (κ1) is 12.5. The van der Waals surface area contributed by atoms with Crippen LogP contribution in [0.1, 0.15) is 31.8 Å². The van der Waals surface area contributed by atoms with Gasteiger partial charge in [0.2, 0.25) is 0 Å². The first-order valence-corrected chi connectivity index (χ1v) is 5.86. The van der Waals surface area contributed by atoms with Gasteiger partial charge in [0.15, 0.2) is 12.1 Å². The van der Waals surface area contributed by atoms with Gasteiger partial charge in [0, 0.05) is 11.1 Å². The number of benzene rings is 2. The molecule has 0 aliphatic rings. The third-order valence-corrected chi connectivity index (χ3v) is 3.03. The third-order valence-electron chi connectivity index (χ3n) is 2.71. The van der Waals surface area contributed by atoms with Gasteiger partial charge in [0.05, 0.1) is 10.6 Å². The minimum absolute atomic E-state index is 0.234. The molecule has 0 heterocycles. The van der Waals surface area contributed by atoms with E-state index in [0.717, 1.165) is 5.56 Å². The number of aryl methyl sites for hydroxylation is 1. The Morgan fingerprint density at radius 2 is 1.78 bits per heavy atom. The first-order chi connectivity index (χ1) is 8.63. The second-order valence-electron chi connectivity index (χ2n) is 4.02. The molecule has 0 saturated heterocycles. The Labute approximate surface area is 110 Å². The molecule has 0 radical (unpaired) electrons. The van der Waals surface area contributed by atoms with E-state index in [9.17, 15) is 9.59 Å². The summed E-state index contributed by atoms with van der Waals surface area (Å²) in [7, 11) is 0. The molecule has 0 unspecified atom stereocenters. The molecule has 0 aromatic heterocycles. The zero-order valence-corrected chi connectivity index (χ0v) is 10.6. The summed E-state index contributed by atoms with van der Waals surface area (Å²) in [5.74, 6) is -0.234. The van der Waals surface area contributed by atoms with Crippen LogP contribution in [0.5, 0.6) is 0 Å². The summed E-state index contributed by atoms with van der Waals surface area (Å²) in [6, 6.07) is 12.0. The molecule has 0 N–H and O–H groups in total. The molecule has 2 nitrogen and oxygen atoms in total. The van der Waals surface area contributed by atoms with Crippen molar-refractivity contribution in [3.8, 4) is 0 Å². The monoisotopic (exact) mass is 258 g/mol. The quantitative estimate of drug-likeness (QED) is 0.621. The van der Waals surface area contributed by atoms with Gasteiger partial charge in [-0.25, -0.2) is 0 Å². The molecule has 3 heteroatoms. The van der Waals surface area contributed by atoms with E-state index in [0.29, 0.717) is 22.4 Å². The molecule has 0 amide bonds. The first-order valence-electron chi connectivity index (χ1n) is 5.48. The van der Waals surface area contributed by atoms with Crippen molar-refractivity contribution in [2.45, 2.75) is 6.92 Å². The normalized spacial score (nSPS) is 10.1. The highest BCUT2D eigenvalue weighted by molar-refractivity contribution is 6.35. The van der Waals surface area contributed by atoms with Crippen LogP contribution in [0.4, 0.5) is 0 Å². The van der Waals surface area contributed by atoms with Gasteiger partial charge < -0.3 is 0 Å². The number of aldehydes is 1. The largest absolute Gasteiger partial charge is 0.298 e. The van der Waals surface area contributed by atoms with Crippen molar-refractivity contribution in [1.29, 1.82) is 0 Å². The Hall–Kier alpha value is -1.93. The highest BCUT2D eigenvalue weighted by Gasteiger charge is 2.16. The van der Waals surface area contributed by atoms with E-state index in [1.54, 1.807) is 30.3 Å². The summed E-state index contributed by atoms with van der Waals surface area (Å²) < 4.78 is 0. The summed E-state index contributed by atoms with van der Waals surface area (Å²) >= 11 is 6.00. The number of ketones is 1. The summed E-state index contributed by atoms with van der Waals surface area (Å²) in [6.45, 7) is 1.95. The fraction of sp³-hybridized carbons (Fsp3) is 0.0667. The van der Waals surface area contributed by atoms with E-state index in [-0.39, 0.29) is 11.3 Å². The Balaban J connectivity index is 2.52. The molecule has 0 aliphatic heterocycles. The molecule has 0 spiro atoms. The predicted molar refractivity (Wildman–Crippen MR) is 71.5 cm³/mol. The van der Waals surface area contributed by atoms with Crippen LogP contribution >= 0.6 is 11.6 Å². The molecule has 2 aromatic carbocycles. The number of carbonyl (C=O) groups excluding carboxylic acids is 2. The molecule has 2 rings (SSSR count). The van der Waals surface area contributed by atoms with Crippen molar-refractivity contribution in [3.05, 3.63) is 69.7 Å². The van der Waals surface area contributed by atoms with Gasteiger partial charge in [-0.15, -0.1) is 0 Å². The second-order valence-corrected chi connectivity index (χ2v) is 4.42. The topological polar surface area (TPSA) is 34.1 Å². The maximum atomic E-state index is 12.3. The van der Waals surface area contributed by atoms with Crippen LogP contribution in [0.2, 0.25) is 5.02 Å². The van der Waals surface area contributed by atoms with Gasteiger partial charge in [-0.2, -0.15) is 0 Å². The predicted octanol–water partition coefficient (Wildman–Crippen LogP) is 3.69. The van der Waals surface area contributed by atoms with E-state index in [2.05, 4.69) is 0 Å². The van der Waals surface area contributed by atoms with E-state index in [4.69, 9.17) is 11.6 Å². The third kappa shape index (κ3) is 2.34. The van der Waals surface area contributed by atoms with Crippen LogP contribution in [-0.4, -0.2) is 12.1 Å². The van der Waals surface area contributed by atoms with Crippen molar-refractivity contribution >= 4 is 23.7 Å². The zero-order valence-electron chi connectivity index (χ0n) is 9.81. The second kappa shape index (κ2) is 5.15. The van der Waals surface area contributed by atoms with Crippen molar-refractivity contribution in [2.75, 3.05) is 0 Å². The maximum Gasteiger partial charge on any atom is 0.195 e. The van der Waals surface area contributed by atoms with Gasteiger partial charge in [0.25, 0.3) is 0 Å².